The van der Waals surface area contributed by atoms with Crippen LogP contribution in [0, 0.1) is 6.92 Å². The van der Waals surface area contributed by atoms with Gasteiger partial charge in [0.2, 0.25) is 0 Å². The van der Waals surface area contributed by atoms with Crippen molar-refractivity contribution in [2.75, 3.05) is 31.1 Å². The predicted molar refractivity (Wildman–Crippen MR) is 98.2 cm³/mol. The number of pyridine rings is 1. The molecule has 4 aromatic rings. The SMILES string of the molecule is Cc1cc(N2CCN(Cc3cn4ccccc4n3)CC2)n2ncnc2n1. The van der Waals surface area contributed by atoms with Gasteiger partial charge in [-0.2, -0.15) is 14.6 Å². The first-order valence-electron chi connectivity index (χ1n) is 8.83. The van der Waals surface area contributed by atoms with Crippen LogP contribution in [0.25, 0.3) is 11.4 Å². The van der Waals surface area contributed by atoms with Crippen molar-refractivity contribution in [2.45, 2.75) is 13.5 Å². The van der Waals surface area contributed by atoms with E-state index >= 15 is 0 Å². The predicted octanol–water partition coefficient (Wildman–Crippen LogP) is 1.40. The van der Waals surface area contributed by atoms with E-state index in [0.29, 0.717) is 5.78 Å². The summed E-state index contributed by atoms with van der Waals surface area (Å²) in [5.74, 6) is 1.73. The quantitative estimate of drug-likeness (QED) is 0.558. The van der Waals surface area contributed by atoms with Crippen LogP contribution in [0.2, 0.25) is 0 Å². The number of hydrogen-bond donors (Lipinski definition) is 0. The number of rotatable bonds is 3. The van der Waals surface area contributed by atoms with E-state index in [1.54, 1.807) is 6.33 Å². The van der Waals surface area contributed by atoms with E-state index in [2.05, 4.69) is 41.5 Å². The van der Waals surface area contributed by atoms with Crippen molar-refractivity contribution in [3.05, 3.63) is 54.4 Å². The van der Waals surface area contributed by atoms with E-state index in [0.717, 1.165) is 55.6 Å². The van der Waals surface area contributed by atoms with E-state index < -0.39 is 0 Å². The highest BCUT2D eigenvalue weighted by Gasteiger charge is 2.21. The average Bonchev–Trinajstić information content (AvgIpc) is 3.27. The first kappa shape index (κ1) is 15.3. The Morgan fingerprint density at radius 3 is 2.81 bits per heavy atom. The van der Waals surface area contributed by atoms with Crippen molar-refractivity contribution in [2.24, 2.45) is 0 Å². The van der Waals surface area contributed by atoms with Gasteiger partial charge >= 0.3 is 0 Å². The average molecular weight is 348 g/mol. The lowest BCUT2D eigenvalue weighted by Crippen LogP contribution is -2.46. The highest BCUT2D eigenvalue weighted by atomic mass is 15.4. The van der Waals surface area contributed by atoms with E-state index in [9.17, 15) is 0 Å². The molecular formula is C18H20N8. The molecule has 0 spiro atoms. The third kappa shape index (κ3) is 2.68. The molecule has 0 amide bonds. The smallest absolute Gasteiger partial charge is 0.254 e. The zero-order valence-electron chi connectivity index (χ0n) is 14.7. The standard InChI is InChI=1S/C18H20N8/c1-14-10-17(26-18(21-14)19-13-20-26)24-8-6-23(7-9-24)11-15-12-25-5-3-2-4-16(25)22-15/h2-5,10,12-13H,6-9,11H2,1H3. The molecule has 0 atom stereocenters. The van der Waals surface area contributed by atoms with Gasteiger partial charge < -0.3 is 9.30 Å². The number of aromatic nitrogens is 6. The van der Waals surface area contributed by atoms with E-state index in [1.165, 1.54) is 0 Å². The molecule has 0 aliphatic carbocycles. The summed E-state index contributed by atoms with van der Waals surface area (Å²) in [6, 6.07) is 8.17. The Morgan fingerprint density at radius 1 is 1.08 bits per heavy atom. The van der Waals surface area contributed by atoms with Crippen molar-refractivity contribution in [1.29, 1.82) is 0 Å². The first-order valence-corrected chi connectivity index (χ1v) is 8.83. The molecule has 0 unspecified atom stereocenters. The Hall–Kier alpha value is -3.00. The van der Waals surface area contributed by atoms with Gasteiger partial charge in [0, 0.05) is 56.9 Å². The van der Waals surface area contributed by atoms with Crippen LogP contribution in [0.4, 0.5) is 5.82 Å². The zero-order valence-corrected chi connectivity index (χ0v) is 14.7. The summed E-state index contributed by atoms with van der Waals surface area (Å²) in [5, 5.41) is 4.32. The Bertz CT molecular complexity index is 1020. The second-order valence-electron chi connectivity index (χ2n) is 6.69. The summed E-state index contributed by atoms with van der Waals surface area (Å²) in [4.78, 5) is 18.2. The summed E-state index contributed by atoms with van der Waals surface area (Å²) in [6.07, 6.45) is 5.72. The lowest BCUT2D eigenvalue weighted by Gasteiger charge is -2.35. The molecule has 8 heteroatoms. The monoisotopic (exact) mass is 348 g/mol. The molecule has 1 saturated heterocycles. The first-order chi connectivity index (χ1) is 12.8. The third-order valence-electron chi connectivity index (χ3n) is 4.86. The van der Waals surface area contributed by atoms with Gasteiger partial charge in [0.05, 0.1) is 5.69 Å². The van der Waals surface area contributed by atoms with Crippen molar-refractivity contribution < 1.29 is 0 Å². The maximum absolute atomic E-state index is 4.71. The van der Waals surface area contributed by atoms with Crippen LogP contribution in [0.5, 0.6) is 0 Å². The number of imidazole rings is 1. The molecule has 5 rings (SSSR count). The number of hydrogen-bond acceptors (Lipinski definition) is 6. The minimum absolute atomic E-state index is 0.659. The molecule has 0 radical (unpaired) electrons. The lowest BCUT2D eigenvalue weighted by molar-refractivity contribution is 0.246. The molecule has 4 aromatic heterocycles. The number of aryl methyl sites for hydroxylation is 1. The van der Waals surface area contributed by atoms with Crippen molar-refractivity contribution in [3.63, 3.8) is 0 Å². The van der Waals surface area contributed by atoms with E-state index in [1.807, 2.05) is 35.8 Å². The molecule has 5 heterocycles. The third-order valence-corrected chi connectivity index (χ3v) is 4.86. The Labute approximate surface area is 150 Å². The lowest BCUT2D eigenvalue weighted by atomic mass is 10.3. The van der Waals surface area contributed by atoms with Crippen molar-refractivity contribution in [3.8, 4) is 0 Å². The maximum atomic E-state index is 4.71. The number of nitrogens with zero attached hydrogens (tertiary/aromatic N) is 8. The largest absolute Gasteiger partial charge is 0.354 e. The van der Waals surface area contributed by atoms with Gasteiger partial charge in [0.1, 0.15) is 17.8 Å². The number of fused-ring (bicyclic) bond motifs is 2. The molecule has 0 N–H and O–H groups in total. The minimum atomic E-state index is 0.659. The van der Waals surface area contributed by atoms with Gasteiger partial charge in [-0.25, -0.2) is 9.97 Å². The summed E-state index contributed by atoms with van der Waals surface area (Å²) >= 11 is 0. The molecular weight excluding hydrogens is 328 g/mol. The molecule has 0 aromatic carbocycles. The Morgan fingerprint density at radius 2 is 1.96 bits per heavy atom. The van der Waals surface area contributed by atoms with Crippen LogP contribution in [-0.4, -0.2) is 60.0 Å². The molecule has 1 aliphatic heterocycles. The van der Waals surface area contributed by atoms with E-state index in [-0.39, 0.29) is 0 Å². The number of anilines is 1. The maximum Gasteiger partial charge on any atom is 0.254 e. The normalized spacial score (nSPS) is 16.0. The second kappa shape index (κ2) is 6.06. The zero-order chi connectivity index (χ0) is 17.5. The summed E-state index contributed by atoms with van der Waals surface area (Å²) < 4.78 is 3.90. The Kier molecular flexibility index (Phi) is 3.56. The molecule has 8 nitrogen and oxygen atoms in total. The molecule has 1 aliphatic rings. The number of piperazine rings is 1. The molecule has 1 fully saturated rings. The van der Waals surface area contributed by atoms with Crippen LogP contribution in [-0.2, 0) is 6.54 Å². The fourth-order valence-electron chi connectivity index (χ4n) is 3.56. The van der Waals surface area contributed by atoms with Gasteiger partial charge in [-0.1, -0.05) is 6.07 Å². The van der Waals surface area contributed by atoms with Crippen LogP contribution >= 0.6 is 0 Å². The molecule has 0 bridgehead atoms. The highest BCUT2D eigenvalue weighted by molar-refractivity contribution is 5.47. The van der Waals surface area contributed by atoms with E-state index in [4.69, 9.17) is 4.98 Å². The van der Waals surface area contributed by atoms with Gasteiger partial charge in [-0.3, -0.25) is 4.90 Å². The van der Waals surface area contributed by atoms with Gasteiger partial charge in [-0.15, -0.1) is 0 Å². The Balaban J connectivity index is 1.30. The van der Waals surface area contributed by atoms with Gasteiger partial charge in [-0.05, 0) is 19.1 Å². The molecule has 132 valence electrons. The fourth-order valence-corrected chi connectivity index (χ4v) is 3.56. The topological polar surface area (TPSA) is 66.9 Å². The fraction of sp³-hybridized carbons (Fsp3) is 0.333. The van der Waals surface area contributed by atoms with Crippen molar-refractivity contribution >= 4 is 17.2 Å². The molecule has 26 heavy (non-hydrogen) atoms. The summed E-state index contributed by atoms with van der Waals surface area (Å²) in [7, 11) is 0. The van der Waals surface area contributed by atoms with Crippen molar-refractivity contribution in [1.82, 2.24) is 33.9 Å². The summed E-state index contributed by atoms with van der Waals surface area (Å²) in [5.41, 5.74) is 3.08. The van der Waals surface area contributed by atoms with Crippen LogP contribution in [0.15, 0.2) is 43.0 Å². The second-order valence-corrected chi connectivity index (χ2v) is 6.69. The summed E-state index contributed by atoms with van der Waals surface area (Å²) in [6.45, 7) is 6.76. The van der Waals surface area contributed by atoms with Gasteiger partial charge in [0.15, 0.2) is 0 Å². The van der Waals surface area contributed by atoms with Crippen LogP contribution in [0.3, 0.4) is 0 Å². The molecule has 0 saturated carbocycles. The highest BCUT2D eigenvalue weighted by Crippen LogP contribution is 2.18. The van der Waals surface area contributed by atoms with Crippen LogP contribution < -0.4 is 4.90 Å². The minimum Gasteiger partial charge on any atom is -0.354 e. The van der Waals surface area contributed by atoms with Gasteiger partial charge in [0.25, 0.3) is 5.78 Å². The van der Waals surface area contributed by atoms with Crippen LogP contribution in [0.1, 0.15) is 11.4 Å².